The van der Waals surface area contributed by atoms with Gasteiger partial charge in [0.25, 0.3) is 5.91 Å². The Morgan fingerprint density at radius 2 is 1.88 bits per heavy atom. The van der Waals surface area contributed by atoms with E-state index >= 15 is 0 Å². The van der Waals surface area contributed by atoms with Gasteiger partial charge in [-0.1, -0.05) is 32.9 Å². The summed E-state index contributed by atoms with van der Waals surface area (Å²) in [5.74, 6) is 1.04. The van der Waals surface area contributed by atoms with Gasteiger partial charge in [0.1, 0.15) is 5.75 Å². The van der Waals surface area contributed by atoms with E-state index in [1.54, 1.807) is 7.11 Å². The van der Waals surface area contributed by atoms with Gasteiger partial charge in [0.15, 0.2) is 0 Å². The second-order valence-electron chi connectivity index (χ2n) is 6.56. The summed E-state index contributed by atoms with van der Waals surface area (Å²) in [4.78, 5) is 12.1. The summed E-state index contributed by atoms with van der Waals surface area (Å²) in [7, 11) is 1.65. The average Bonchev–Trinajstić information content (AvgIpc) is 2.84. The fourth-order valence-corrected chi connectivity index (χ4v) is 3.23. The van der Waals surface area contributed by atoms with Crippen LogP contribution in [0.4, 0.5) is 0 Å². The first-order chi connectivity index (χ1) is 11.4. The van der Waals surface area contributed by atoms with Gasteiger partial charge in [0.2, 0.25) is 0 Å². The van der Waals surface area contributed by atoms with Crippen molar-refractivity contribution in [1.29, 1.82) is 0 Å². The first kappa shape index (κ1) is 18.1. The van der Waals surface area contributed by atoms with Crippen molar-refractivity contribution in [3.05, 3.63) is 41.2 Å². The molecular weight excluding hydrogens is 300 g/mol. The third-order valence-electron chi connectivity index (χ3n) is 4.52. The molecule has 0 aliphatic carbocycles. The van der Waals surface area contributed by atoms with Gasteiger partial charge in [-0.25, -0.2) is 0 Å². The smallest absolute Gasteiger partial charge is 0.251 e. The number of hydrogen-bond donors (Lipinski definition) is 1. The lowest BCUT2D eigenvalue weighted by Crippen LogP contribution is -2.13. The highest BCUT2D eigenvalue weighted by molar-refractivity contribution is 6.02. The molecule has 130 valence electrons. The number of nitrogens with two attached hydrogens (primary N) is 1. The second-order valence-corrected chi connectivity index (χ2v) is 6.56. The lowest BCUT2D eigenvalue weighted by molar-refractivity contribution is 0.1000. The van der Waals surface area contributed by atoms with E-state index in [0.29, 0.717) is 11.5 Å². The number of carbonyl (C=O) groups excluding carboxylic acids is 1. The molecule has 2 aromatic rings. The maximum absolute atomic E-state index is 12.1. The largest absolute Gasteiger partial charge is 0.497 e. The van der Waals surface area contributed by atoms with Crippen LogP contribution in [0.1, 0.15) is 48.9 Å². The second kappa shape index (κ2) is 7.56. The van der Waals surface area contributed by atoms with Crippen molar-refractivity contribution in [1.82, 2.24) is 4.57 Å². The lowest BCUT2D eigenvalue weighted by atomic mass is 9.98. The summed E-state index contributed by atoms with van der Waals surface area (Å²) in [6, 6.07) is 7.82. The molecule has 0 saturated carbocycles. The highest BCUT2D eigenvalue weighted by atomic mass is 16.5. The Labute approximate surface area is 144 Å². The quantitative estimate of drug-likeness (QED) is 0.829. The first-order valence-electron chi connectivity index (χ1n) is 8.56. The number of rotatable bonds is 7. The van der Waals surface area contributed by atoms with Crippen molar-refractivity contribution in [3.8, 4) is 16.9 Å². The van der Waals surface area contributed by atoms with Crippen molar-refractivity contribution < 1.29 is 9.53 Å². The van der Waals surface area contributed by atoms with Crippen LogP contribution in [0.15, 0.2) is 24.3 Å². The molecule has 1 aromatic heterocycles. The minimum atomic E-state index is -0.365. The van der Waals surface area contributed by atoms with Crippen molar-refractivity contribution in [2.24, 2.45) is 11.7 Å². The SMILES string of the molecule is CCc1c(-c2ccc(OC)cc2)c(C(N)=O)c(C)n1CCC(C)C. The Hall–Kier alpha value is -2.23. The van der Waals surface area contributed by atoms with E-state index in [2.05, 4.69) is 25.3 Å². The maximum Gasteiger partial charge on any atom is 0.251 e. The molecule has 2 rings (SSSR count). The van der Waals surface area contributed by atoms with Crippen LogP contribution in [0, 0.1) is 12.8 Å². The molecule has 2 N–H and O–H groups in total. The third kappa shape index (κ3) is 3.48. The van der Waals surface area contributed by atoms with Crippen LogP contribution in [0.2, 0.25) is 0 Å². The monoisotopic (exact) mass is 328 g/mol. The van der Waals surface area contributed by atoms with Gasteiger partial charge < -0.3 is 15.0 Å². The lowest BCUT2D eigenvalue weighted by Gasteiger charge is -2.13. The van der Waals surface area contributed by atoms with Crippen LogP contribution < -0.4 is 10.5 Å². The van der Waals surface area contributed by atoms with E-state index in [-0.39, 0.29) is 5.91 Å². The van der Waals surface area contributed by atoms with Gasteiger partial charge in [-0.2, -0.15) is 0 Å². The maximum atomic E-state index is 12.1. The number of methoxy groups -OCH3 is 1. The zero-order valence-electron chi connectivity index (χ0n) is 15.3. The minimum Gasteiger partial charge on any atom is -0.497 e. The number of nitrogens with zero attached hydrogens (tertiary/aromatic N) is 1. The topological polar surface area (TPSA) is 57.2 Å². The first-order valence-corrected chi connectivity index (χ1v) is 8.56. The number of carbonyl (C=O) groups is 1. The van der Waals surface area contributed by atoms with E-state index in [9.17, 15) is 4.79 Å². The number of benzene rings is 1. The van der Waals surface area contributed by atoms with Gasteiger partial charge >= 0.3 is 0 Å². The predicted octanol–water partition coefficient (Wildman–Crippen LogP) is 4.18. The molecule has 0 fully saturated rings. The molecule has 0 aliphatic rings. The minimum absolute atomic E-state index is 0.365. The summed E-state index contributed by atoms with van der Waals surface area (Å²) in [6.07, 6.45) is 1.93. The Kier molecular flexibility index (Phi) is 5.71. The van der Waals surface area contributed by atoms with Gasteiger partial charge in [-0.15, -0.1) is 0 Å². The summed E-state index contributed by atoms with van der Waals surface area (Å²) in [5, 5.41) is 0. The normalized spacial score (nSPS) is 11.1. The Morgan fingerprint density at radius 1 is 1.25 bits per heavy atom. The molecule has 0 saturated heterocycles. The van der Waals surface area contributed by atoms with E-state index in [1.807, 2.05) is 31.2 Å². The van der Waals surface area contributed by atoms with Crippen molar-refractivity contribution in [3.63, 3.8) is 0 Å². The molecule has 0 bridgehead atoms. The van der Waals surface area contributed by atoms with Crippen LogP contribution in [0.25, 0.3) is 11.1 Å². The summed E-state index contributed by atoms with van der Waals surface area (Å²) >= 11 is 0. The standard InChI is InChI=1S/C20H28N2O2/c1-6-17-19(15-7-9-16(24-5)10-8-15)18(20(21)23)14(4)22(17)12-11-13(2)3/h7-10,13H,6,11-12H2,1-5H3,(H2,21,23). The van der Waals surface area contributed by atoms with Gasteiger partial charge in [-0.3, -0.25) is 4.79 Å². The summed E-state index contributed by atoms with van der Waals surface area (Å²) in [5.41, 5.74) is 10.5. The van der Waals surface area contributed by atoms with Crippen molar-refractivity contribution >= 4 is 5.91 Å². The van der Waals surface area contributed by atoms with Gasteiger partial charge in [-0.05, 0) is 43.4 Å². The fourth-order valence-electron chi connectivity index (χ4n) is 3.23. The van der Waals surface area contributed by atoms with Crippen LogP contribution >= 0.6 is 0 Å². The van der Waals surface area contributed by atoms with Crippen LogP contribution in [0.3, 0.4) is 0 Å². The Balaban J connectivity index is 2.62. The molecule has 0 aliphatic heterocycles. The van der Waals surface area contributed by atoms with E-state index in [0.717, 1.165) is 42.0 Å². The van der Waals surface area contributed by atoms with Crippen LogP contribution in [0.5, 0.6) is 5.75 Å². The molecule has 4 nitrogen and oxygen atoms in total. The average molecular weight is 328 g/mol. The zero-order chi connectivity index (χ0) is 17.9. The molecule has 0 atom stereocenters. The molecule has 1 aromatic carbocycles. The molecule has 1 amide bonds. The molecule has 1 heterocycles. The molecule has 0 spiro atoms. The predicted molar refractivity (Wildman–Crippen MR) is 98.5 cm³/mol. The highest BCUT2D eigenvalue weighted by Crippen LogP contribution is 2.34. The number of aromatic nitrogens is 1. The van der Waals surface area contributed by atoms with Crippen LogP contribution in [-0.2, 0) is 13.0 Å². The highest BCUT2D eigenvalue weighted by Gasteiger charge is 2.23. The Morgan fingerprint density at radius 3 is 2.33 bits per heavy atom. The number of amides is 1. The van der Waals surface area contributed by atoms with Gasteiger partial charge in [0, 0.05) is 23.5 Å². The molecular formula is C20H28N2O2. The molecule has 0 radical (unpaired) electrons. The molecule has 24 heavy (non-hydrogen) atoms. The van der Waals surface area contributed by atoms with Crippen LogP contribution in [-0.4, -0.2) is 17.6 Å². The molecule has 0 unspecified atom stereocenters. The van der Waals surface area contributed by atoms with E-state index in [1.165, 1.54) is 5.69 Å². The zero-order valence-corrected chi connectivity index (χ0v) is 15.3. The molecule has 4 heteroatoms. The van der Waals surface area contributed by atoms with Crippen molar-refractivity contribution in [2.45, 2.75) is 47.1 Å². The summed E-state index contributed by atoms with van der Waals surface area (Å²) in [6.45, 7) is 9.45. The van der Waals surface area contributed by atoms with Gasteiger partial charge in [0.05, 0.1) is 12.7 Å². The fraction of sp³-hybridized carbons (Fsp3) is 0.450. The number of hydrogen-bond acceptors (Lipinski definition) is 2. The van der Waals surface area contributed by atoms with Crippen molar-refractivity contribution in [2.75, 3.05) is 7.11 Å². The number of primary amides is 1. The third-order valence-corrected chi connectivity index (χ3v) is 4.52. The van der Waals surface area contributed by atoms with E-state index < -0.39 is 0 Å². The summed E-state index contributed by atoms with van der Waals surface area (Å²) < 4.78 is 7.50. The van der Waals surface area contributed by atoms with E-state index in [4.69, 9.17) is 10.5 Å². The Bertz CT molecular complexity index is 712. The number of ether oxygens (including phenoxy) is 1.